The number of halogens is 2. The highest BCUT2D eigenvalue weighted by Crippen LogP contribution is 2.08. The van der Waals surface area contributed by atoms with Crippen molar-refractivity contribution in [2.45, 2.75) is 6.42 Å². The van der Waals surface area contributed by atoms with Crippen LogP contribution in [0.3, 0.4) is 0 Å². The molecule has 0 aliphatic rings. The molecule has 0 aliphatic heterocycles. The van der Waals surface area contributed by atoms with Gasteiger partial charge in [-0.1, -0.05) is 5.21 Å². The second kappa shape index (κ2) is 5.30. The fourth-order valence-electron chi connectivity index (χ4n) is 1.32. The first-order chi connectivity index (χ1) is 8.66. The molecule has 8 heteroatoms. The van der Waals surface area contributed by atoms with Crippen LogP contribution in [0, 0.1) is 11.6 Å². The van der Waals surface area contributed by atoms with Gasteiger partial charge in [-0.25, -0.2) is 8.78 Å². The van der Waals surface area contributed by atoms with Crippen molar-refractivity contribution in [2.75, 3.05) is 6.54 Å². The minimum Gasteiger partial charge on any atom is -0.352 e. The van der Waals surface area contributed by atoms with Crippen molar-refractivity contribution in [3.8, 4) is 0 Å². The summed E-state index contributed by atoms with van der Waals surface area (Å²) in [5, 5.41) is 15.6. The van der Waals surface area contributed by atoms with Crippen LogP contribution in [-0.4, -0.2) is 33.1 Å². The van der Waals surface area contributed by atoms with E-state index in [0.717, 1.165) is 12.1 Å². The van der Waals surface area contributed by atoms with Crippen molar-refractivity contribution in [1.29, 1.82) is 0 Å². The van der Waals surface area contributed by atoms with Crippen molar-refractivity contribution in [3.63, 3.8) is 0 Å². The number of nitrogens with one attached hydrogen (secondary N) is 2. The smallest absolute Gasteiger partial charge is 0.251 e. The molecule has 0 saturated carbocycles. The summed E-state index contributed by atoms with van der Waals surface area (Å²) in [5.74, 6) is -2.07. The molecular formula is C10H9F2N5O. The summed E-state index contributed by atoms with van der Waals surface area (Å²) in [5.41, 5.74) is 0.0574. The van der Waals surface area contributed by atoms with Crippen LogP contribution in [-0.2, 0) is 6.42 Å². The van der Waals surface area contributed by atoms with Gasteiger partial charge in [0.25, 0.3) is 5.91 Å². The minimum absolute atomic E-state index is 0.0574. The molecule has 1 aromatic heterocycles. The Labute approximate surface area is 100 Å². The van der Waals surface area contributed by atoms with E-state index in [1.54, 1.807) is 0 Å². The van der Waals surface area contributed by atoms with Crippen LogP contribution >= 0.6 is 0 Å². The molecule has 1 aromatic carbocycles. The SMILES string of the molecule is O=C(NCCc1nn[nH]n1)c1ccc(F)c(F)c1. The van der Waals surface area contributed by atoms with E-state index in [4.69, 9.17) is 0 Å². The predicted octanol–water partition coefficient (Wildman–Crippen LogP) is 0.450. The number of aromatic nitrogens is 4. The first-order valence-electron chi connectivity index (χ1n) is 5.12. The Bertz CT molecular complexity index is 543. The minimum atomic E-state index is -1.05. The normalized spacial score (nSPS) is 10.3. The zero-order valence-electron chi connectivity index (χ0n) is 9.15. The number of benzene rings is 1. The van der Waals surface area contributed by atoms with E-state index >= 15 is 0 Å². The van der Waals surface area contributed by atoms with Crippen molar-refractivity contribution in [2.24, 2.45) is 0 Å². The maximum absolute atomic E-state index is 12.9. The first kappa shape index (κ1) is 12.1. The molecule has 0 saturated heterocycles. The standard InChI is InChI=1S/C10H9F2N5O/c11-7-2-1-6(5-8(7)12)10(18)13-4-3-9-14-16-17-15-9/h1-2,5H,3-4H2,(H,13,18)(H,14,15,16,17). The van der Waals surface area contributed by atoms with Gasteiger partial charge in [-0.15, -0.1) is 10.2 Å². The fraction of sp³-hybridized carbons (Fsp3) is 0.200. The van der Waals surface area contributed by atoms with Gasteiger partial charge in [0.1, 0.15) is 0 Å². The number of hydrogen-bond acceptors (Lipinski definition) is 4. The molecule has 94 valence electrons. The van der Waals surface area contributed by atoms with Crippen molar-refractivity contribution < 1.29 is 13.6 Å². The van der Waals surface area contributed by atoms with Crippen molar-refractivity contribution in [3.05, 3.63) is 41.2 Å². The zero-order chi connectivity index (χ0) is 13.0. The number of carbonyl (C=O) groups excluding carboxylic acids is 1. The van der Waals surface area contributed by atoms with E-state index in [1.165, 1.54) is 6.07 Å². The van der Waals surface area contributed by atoms with Gasteiger partial charge in [0.15, 0.2) is 17.5 Å². The van der Waals surface area contributed by atoms with Crippen molar-refractivity contribution >= 4 is 5.91 Å². The number of tetrazole rings is 1. The van der Waals surface area contributed by atoms with E-state index in [-0.39, 0.29) is 12.1 Å². The highest BCUT2D eigenvalue weighted by molar-refractivity contribution is 5.94. The lowest BCUT2D eigenvalue weighted by Crippen LogP contribution is -2.26. The number of rotatable bonds is 4. The largest absolute Gasteiger partial charge is 0.352 e. The number of aromatic amines is 1. The molecule has 0 aliphatic carbocycles. The highest BCUT2D eigenvalue weighted by Gasteiger charge is 2.09. The maximum Gasteiger partial charge on any atom is 0.251 e. The van der Waals surface area contributed by atoms with E-state index in [1.807, 2.05) is 0 Å². The fourth-order valence-corrected chi connectivity index (χ4v) is 1.32. The molecule has 6 nitrogen and oxygen atoms in total. The van der Waals surface area contributed by atoms with E-state index < -0.39 is 17.5 Å². The van der Waals surface area contributed by atoms with Gasteiger partial charge in [-0.3, -0.25) is 4.79 Å². The lowest BCUT2D eigenvalue weighted by molar-refractivity contribution is 0.0953. The van der Waals surface area contributed by atoms with Gasteiger partial charge in [0.2, 0.25) is 0 Å². The molecule has 2 aromatic rings. The quantitative estimate of drug-likeness (QED) is 0.828. The van der Waals surface area contributed by atoms with Crippen LogP contribution in [0.1, 0.15) is 16.2 Å². The van der Waals surface area contributed by atoms with Crippen LogP contribution in [0.5, 0.6) is 0 Å². The third-order valence-corrected chi connectivity index (χ3v) is 2.21. The summed E-state index contributed by atoms with van der Waals surface area (Å²) in [6.45, 7) is 0.275. The predicted molar refractivity (Wildman–Crippen MR) is 56.6 cm³/mol. The summed E-state index contributed by atoms with van der Waals surface area (Å²) in [6, 6.07) is 2.96. The topological polar surface area (TPSA) is 83.6 Å². The number of H-pyrrole nitrogens is 1. The third kappa shape index (κ3) is 2.84. The Balaban J connectivity index is 1.89. The van der Waals surface area contributed by atoms with E-state index in [2.05, 4.69) is 25.9 Å². The Kier molecular flexibility index (Phi) is 3.56. The second-order valence-electron chi connectivity index (χ2n) is 3.46. The average molecular weight is 253 g/mol. The molecule has 18 heavy (non-hydrogen) atoms. The van der Waals surface area contributed by atoms with Crippen LogP contribution in [0.15, 0.2) is 18.2 Å². The highest BCUT2D eigenvalue weighted by atomic mass is 19.2. The van der Waals surface area contributed by atoms with Crippen molar-refractivity contribution in [1.82, 2.24) is 25.9 Å². The van der Waals surface area contributed by atoms with Gasteiger partial charge < -0.3 is 5.32 Å². The monoisotopic (exact) mass is 253 g/mol. The number of hydrogen-bond donors (Lipinski definition) is 2. The summed E-state index contributed by atoms with van der Waals surface area (Å²) in [4.78, 5) is 11.6. The van der Waals surface area contributed by atoms with Gasteiger partial charge in [-0.2, -0.15) is 5.21 Å². The molecular weight excluding hydrogens is 244 g/mol. The lowest BCUT2D eigenvalue weighted by atomic mass is 10.2. The molecule has 1 heterocycles. The molecule has 0 radical (unpaired) electrons. The molecule has 0 fully saturated rings. The Morgan fingerprint density at radius 3 is 2.83 bits per heavy atom. The Morgan fingerprint density at radius 2 is 2.17 bits per heavy atom. The van der Waals surface area contributed by atoms with Gasteiger partial charge in [0, 0.05) is 18.5 Å². The Hall–Kier alpha value is -2.38. The molecule has 0 spiro atoms. The number of carbonyl (C=O) groups is 1. The van der Waals surface area contributed by atoms with Crippen LogP contribution in [0.2, 0.25) is 0 Å². The molecule has 2 rings (SSSR count). The lowest BCUT2D eigenvalue weighted by Gasteiger charge is -2.03. The summed E-state index contributed by atoms with van der Waals surface area (Å²) < 4.78 is 25.6. The second-order valence-corrected chi connectivity index (χ2v) is 3.46. The van der Waals surface area contributed by atoms with E-state index in [0.29, 0.717) is 12.2 Å². The molecule has 0 bridgehead atoms. The molecule has 1 amide bonds. The molecule has 0 atom stereocenters. The van der Waals surface area contributed by atoms with Gasteiger partial charge in [0.05, 0.1) is 0 Å². The van der Waals surface area contributed by atoms with Crippen LogP contribution in [0.25, 0.3) is 0 Å². The third-order valence-electron chi connectivity index (χ3n) is 2.21. The first-order valence-corrected chi connectivity index (χ1v) is 5.12. The van der Waals surface area contributed by atoms with E-state index in [9.17, 15) is 13.6 Å². The molecule has 0 unspecified atom stereocenters. The molecule has 2 N–H and O–H groups in total. The Morgan fingerprint density at radius 1 is 1.33 bits per heavy atom. The average Bonchev–Trinajstić information content (AvgIpc) is 2.85. The van der Waals surface area contributed by atoms with Gasteiger partial charge in [-0.05, 0) is 18.2 Å². The summed E-state index contributed by atoms with van der Waals surface area (Å²) in [6.07, 6.45) is 0.395. The zero-order valence-corrected chi connectivity index (χ0v) is 9.15. The van der Waals surface area contributed by atoms with Crippen LogP contribution < -0.4 is 5.32 Å². The maximum atomic E-state index is 12.9. The summed E-state index contributed by atoms with van der Waals surface area (Å²) in [7, 11) is 0. The number of nitrogens with zero attached hydrogens (tertiary/aromatic N) is 3. The summed E-state index contributed by atoms with van der Waals surface area (Å²) >= 11 is 0. The number of amides is 1. The van der Waals surface area contributed by atoms with Crippen LogP contribution in [0.4, 0.5) is 8.78 Å². The van der Waals surface area contributed by atoms with Gasteiger partial charge >= 0.3 is 0 Å².